The monoisotopic (exact) mass is 408 g/mol. The second kappa shape index (κ2) is 4.91. The molecule has 0 unspecified atom stereocenters. The average molecular weight is 409 g/mol. The fourth-order valence-corrected chi connectivity index (χ4v) is 1.79. The van der Waals surface area contributed by atoms with Crippen molar-refractivity contribution in [1.82, 2.24) is 0 Å². The maximum Gasteiger partial charge on any atom is 0.573 e. The summed E-state index contributed by atoms with van der Waals surface area (Å²) in [6.07, 6.45) is -4.80. The highest BCUT2D eigenvalue weighted by Crippen LogP contribution is 2.32. The standard InChI is InChI=1S/C9H5BrF3IO2/c1-4(15)5-2-6(10)7(14)3-8(5)16-9(11,12)13/h2-3H,1H3. The van der Waals surface area contributed by atoms with Gasteiger partial charge in [0.2, 0.25) is 0 Å². The number of ether oxygens (including phenoxy) is 1. The lowest BCUT2D eigenvalue weighted by molar-refractivity contribution is -0.274. The van der Waals surface area contributed by atoms with Gasteiger partial charge >= 0.3 is 6.36 Å². The zero-order chi connectivity index (χ0) is 12.5. The van der Waals surface area contributed by atoms with Crippen LogP contribution in [0.1, 0.15) is 17.3 Å². The number of rotatable bonds is 2. The molecule has 1 aromatic carbocycles. The van der Waals surface area contributed by atoms with E-state index in [1.807, 2.05) is 22.6 Å². The van der Waals surface area contributed by atoms with Gasteiger partial charge in [-0.1, -0.05) is 0 Å². The van der Waals surface area contributed by atoms with Crippen molar-refractivity contribution in [2.24, 2.45) is 0 Å². The first-order chi connectivity index (χ1) is 7.20. The van der Waals surface area contributed by atoms with E-state index in [9.17, 15) is 18.0 Å². The molecule has 0 aliphatic heterocycles. The number of carbonyl (C=O) groups excluding carboxylic acids is 1. The van der Waals surface area contributed by atoms with E-state index in [1.54, 1.807) is 0 Å². The largest absolute Gasteiger partial charge is 0.573 e. The van der Waals surface area contributed by atoms with E-state index in [4.69, 9.17) is 0 Å². The van der Waals surface area contributed by atoms with Crippen LogP contribution in [0.2, 0.25) is 0 Å². The van der Waals surface area contributed by atoms with Crippen LogP contribution in [0.25, 0.3) is 0 Å². The molecular weight excluding hydrogens is 404 g/mol. The molecule has 88 valence electrons. The van der Waals surface area contributed by atoms with E-state index in [2.05, 4.69) is 20.7 Å². The molecule has 7 heteroatoms. The molecule has 0 fully saturated rings. The first kappa shape index (κ1) is 13.8. The van der Waals surface area contributed by atoms with Crippen molar-refractivity contribution in [2.45, 2.75) is 13.3 Å². The van der Waals surface area contributed by atoms with Crippen LogP contribution in [0, 0.1) is 3.57 Å². The summed E-state index contributed by atoms with van der Waals surface area (Å²) in [4.78, 5) is 11.1. The van der Waals surface area contributed by atoms with Crippen molar-refractivity contribution in [3.8, 4) is 5.75 Å². The van der Waals surface area contributed by atoms with Gasteiger partial charge in [-0.15, -0.1) is 13.2 Å². The second-order valence-electron chi connectivity index (χ2n) is 2.87. The number of benzene rings is 1. The molecule has 0 atom stereocenters. The Morgan fingerprint density at radius 3 is 2.44 bits per heavy atom. The molecule has 1 aromatic rings. The third-order valence-electron chi connectivity index (χ3n) is 1.63. The van der Waals surface area contributed by atoms with Gasteiger partial charge in [-0.2, -0.15) is 0 Å². The number of ketones is 1. The lowest BCUT2D eigenvalue weighted by Crippen LogP contribution is -2.19. The highest BCUT2D eigenvalue weighted by Gasteiger charge is 2.32. The van der Waals surface area contributed by atoms with E-state index < -0.39 is 17.9 Å². The predicted molar refractivity (Wildman–Crippen MR) is 63.5 cm³/mol. The van der Waals surface area contributed by atoms with Crippen molar-refractivity contribution in [2.75, 3.05) is 0 Å². The van der Waals surface area contributed by atoms with Gasteiger partial charge in [-0.3, -0.25) is 4.79 Å². The second-order valence-corrected chi connectivity index (χ2v) is 4.88. The molecule has 16 heavy (non-hydrogen) atoms. The molecule has 0 amide bonds. The maximum absolute atomic E-state index is 12.1. The van der Waals surface area contributed by atoms with Gasteiger partial charge in [0.25, 0.3) is 0 Å². The molecule has 0 heterocycles. The summed E-state index contributed by atoms with van der Waals surface area (Å²) in [6.45, 7) is 1.18. The summed E-state index contributed by atoms with van der Waals surface area (Å²) in [7, 11) is 0. The molecule has 0 bridgehead atoms. The Kier molecular flexibility index (Phi) is 4.22. The van der Waals surface area contributed by atoms with Crippen LogP contribution in [0.3, 0.4) is 0 Å². The highest BCUT2D eigenvalue weighted by atomic mass is 127. The Bertz CT molecular complexity index is 431. The van der Waals surface area contributed by atoms with E-state index in [0.717, 1.165) is 6.07 Å². The maximum atomic E-state index is 12.1. The molecule has 0 radical (unpaired) electrons. The van der Waals surface area contributed by atoms with Gasteiger partial charge < -0.3 is 4.74 Å². The number of carbonyl (C=O) groups is 1. The number of alkyl halides is 3. The summed E-state index contributed by atoms with van der Waals surface area (Å²) in [5.41, 5.74) is -0.107. The van der Waals surface area contributed by atoms with E-state index in [0.29, 0.717) is 8.04 Å². The van der Waals surface area contributed by atoms with Crippen LogP contribution in [-0.2, 0) is 0 Å². The fraction of sp³-hybridized carbons (Fsp3) is 0.222. The molecule has 1 rings (SSSR count). The Balaban J connectivity index is 3.25. The molecular formula is C9H5BrF3IO2. The van der Waals surface area contributed by atoms with Crippen LogP contribution >= 0.6 is 38.5 Å². The van der Waals surface area contributed by atoms with Gasteiger partial charge in [0, 0.05) is 8.04 Å². The number of hydrogen-bond donors (Lipinski definition) is 0. The Hall–Kier alpha value is -0.310. The smallest absolute Gasteiger partial charge is 0.405 e. The minimum Gasteiger partial charge on any atom is -0.405 e. The zero-order valence-electron chi connectivity index (χ0n) is 7.86. The molecule has 0 saturated carbocycles. The number of Topliss-reactive ketones (excluding diaryl/α,β-unsaturated/α-hetero) is 1. The SMILES string of the molecule is CC(=O)c1cc(Br)c(I)cc1OC(F)(F)F. The van der Waals surface area contributed by atoms with Crippen LogP contribution in [0.5, 0.6) is 5.75 Å². The Morgan fingerprint density at radius 1 is 1.44 bits per heavy atom. The number of halogens is 5. The van der Waals surface area contributed by atoms with Crippen LogP contribution in [0.4, 0.5) is 13.2 Å². The molecule has 0 aliphatic carbocycles. The average Bonchev–Trinajstić information content (AvgIpc) is 2.07. The zero-order valence-corrected chi connectivity index (χ0v) is 11.6. The van der Waals surface area contributed by atoms with Crippen molar-refractivity contribution >= 4 is 44.3 Å². The van der Waals surface area contributed by atoms with Crippen molar-refractivity contribution in [1.29, 1.82) is 0 Å². The van der Waals surface area contributed by atoms with Gasteiger partial charge in [0.1, 0.15) is 5.75 Å². The summed E-state index contributed by atoms with van der Waals surface area (Å²) >= 11 is 4.97. The predicted octanol–water partition coefficient (Wildman–Crippen LogP) is 4.15. The molecule has 2 nitrogen and oxygen atoms in total. The van der Waals surface area contributed by atoms with Gasteiger partial charge in [-0.05, 0) is 57.6 Å². The Labute approximate surface area is 111 Å². The van der Waals surface area contributed by atoms with Gasteiger partial charge in [-0.25, -0.2) is 0 Å². The normalized spacial score (nSPS) is 11.4. The topological polar surface area (TPSA) is 26.3 Å². The third kappa shape index (κ3) is 3.62. The third-order valence-corrected chi connectivity index (χ3v) is 3.92. The summed E-state index contributed by atoms with van der Waals surface area (Å²) < 4.78 is 41.1. The van der Waals surface area contributed by atoms with Crippen molar-refractivity contribution in [3.05, 3.63) is 25.7 Å². The van der Waals surface area contributed by atoms with E-state index >= 15 is 0 Å². The van der Waals surface area contributed by atoms with Gasteiger partial charge in [0.05, 0.1) is 5.56 Å². The van der Waals surface area contributed by atoms with Gasteiger partial charge in [0.15, 0.2) is 5.78 Å². The van der Waals surface area contributed by atoms with Crippen molar-refractivity contribution < 1.29 is 22.7 Å². The minimum absolute atomic E-state index is 0.107. The molecule has 0 N–H and O–H groups in total. The fourth-order valence-electron chi connectivity index (χ4n) is 1.01. The summed E-state index contributed by atoms with van der Waals surface area (Å²) in [5, 5.41) is 0. The van der Waals surface area contributed by atoms with Crippen LogP contribution in [0.15, 0.2) is 16.6 Å². The first-order valence-electron chi connectivity index (χ1n) is 3.96. The molecule has 0 spiro atoms. The highest BCUT2D eigenvalue weighted by molar-refractivity contribution is 14.1. The minimum atomic E-state index is -4.80. The Morgan fingerprint density at radius 2 is 2.00 bits per heavy atom. The lowest BCUT2D eigenvalue weighted by atomic mass is 10.1. The summed E-state index contributed by atoms with van der Waals surface area (Å²) in [5.74, 6) is -0.969. The van der Waals surface area contributed by atoms with Crippen molar-refractivity contribution in [3.63, 3.8) is 0 Å². The molecule has 0 aliphatic rings. The van der Waals surface area contributed by atoms with E-state index in [1.165, 1.54) is 13.0 Å². The van der Waals surface area contributed by atoms with Crippen LogP contribution in [-0.4, -0.2) is 12.1 Å². The van der Waals surface area contributed by atoms with E-state index in [-0.39, 0.29) is 5.56 Å². The molecule has 0 aromatic heterocycles. The first-order valence-corrected chi connectivity index (χ1v) is 5.83. The molecule has 0 saturated heterocycles. The summed E-state index contributed by atoms with van der Waals surface area (Å²) in [6, 6.07) is 2.47. The van der Waals surface area contributed by atoms with Crippen LogP contribution < -0.4 is 4.74 Å². The quantitative estimate of drug-likeness (QED) is 0.542. The lowest BCUT2D eigenvalue weighted by Gasteiger charge is -2.12. The number of hydrogen-bond acceptors (Lipinski definition) is 2.